The van der Waals surface area contributed by atoms with Crippen LogP contribution in [0.2, 0.25) is 0 Å². The summed E-state index contributed by atoms with van der Waals surface area (Å²) in [6.07, 6.45) is 0.984. The summed E-state index contributed by atoms with van der Waals surface area (Å²) in [4.78, 5) is 14.5. The van der Waals surface area contributed by atoms with Crippen molar-refractivity contribution in [2.45, 2.75) is 12.3 Å². The van der Waals surface area contributed by atoms with E-state index in [1.54, 1.807) is 0 Å². The first-order chi connectivity index (χ1) is 9.66. The van der Waals surface area contributed by atoms with Crippen molar-refractivity contribution in [1.82, 2.24) is 0 Å². The topological polar surface area (TPSA) is 20.3 Å². The predicted molar refractivity (Wildman–Crippen MR) is 82.4 cm³/mol. The fourth-order valence-electron chi connectivity index (χ4n) is 2.69. The quantitative estimate of drug-likeness (QED) is 0.785. The lowest BCUT2D eigenvalue weighted by molar-refractivity contribution is 0.0965. The van der Waals surface area contributed by atoms with E-state index in [1.165, 1.54) is 5.56 Å². The summed E-state index contributed by atoms with van der Waals surface area (Å²) >= 11 is 0. The number of benzene rings is 2. The van der Waals surface area contributed by atoms with Crippen molar-refractivity contribution in [3.63, 3.8) is 0 Å². The van der Waals surface area contributed by atoms with Crippen LogP contribution in [0.25, 0.3) is 0 Å². The summed E-state index contributed by atoms with van der Waals surface area (Å²) < 4.78 is 0. The Hall–Kier alpha value is -2.09. The molecule has 1 aliphatic carbocycles. The number of carbonyl (C=O) groups is 1. The average Bonchev–Trinajstić information content (AvgIpc) is 3.28. The van der Waals surface area contributed by atoms with E-state index in [0.29, 0.717) is 5.92 Å². The van der Waals surface area contributed by atoms with E-state index in [9.17, 15) is 4.79 Å². The molecule has 2 nitrogen and oxygen atoms in total. The fraction of sp³-hybridized carbons (Fsp3) is 0.278. The van der Waals surface area contributed by atoms with Crippen LogP contribution in [0.4, 0.5) is 5.69 Å². The lowest BCUT2D eigenvalue weighted by Crippen LogP contribution is -2.09. The summed E-state index contributed by atoms with van der Waals surface area (Å²) in [7, 11) is 4.01. The number of rotatable bonds is 4. The van der Waals surface area contributed by atoms with Crippen LogP contribution in [0.15, 0.2) is 54.6 Å². The molecule has 0 spiro atoms. The minimum Gasteiger partial charge on any atom is -0.378 e. The van der Waals surface area contributed by atoms with Crippen LogP contribution in [0.1, 0.15) is 28.3 Å². The smallest absolute Gasteiger partial charge is 0.166 e. The number of anilines is 1. The van der Waals surface area contributed by atoms with Gasteiger partial charge in [-0.25, -0.2) is 0 Å². The maximum absolute atomic E-state index is 12.5. The van der Waals surface area contributed by atoms with Gasteiger partial charge in [-0.15, -0.1) is 0 Å². The SMILES string of the molecule is CN(C)c1ccc(C(=O)C2CC2c2ccccc2)cc1. The standard InChI is InChI=1S/C18H19NO/c1-19(2)15-10-8-14(9-11-15)18(20)17-12-16(17)13-6-4-3-5-7-13/h3-11,16-17H,12H2,1-2H3. The molecule has 0 aliphatic heterocycles. The lowest BCUT2D eigenvalue weighted by Gasteiger charge is -2.12. The Morgan fingerprint density at radius 1 is 1.00 bits per heavy atom. The highest BCUT2D eigenvalue weighted by Gasteiger charge is 2.43. The zero-order valence-electron chi connectivity index (χ0n) is 11.9. The van der Waals surface area contributed by atoms with E-state index >= 15 is 0 Å². The van der Waals surface area contributed by atoms with Crippen molar-refractivity contribution in [3.8, 4) is 0 Å². The molecule has 2 atom stereocenters. The molecule has 2 unspecified atom stereocenters. The molecule has 2 aromatic rings. The third-order valence-corrected chi connectivity index (χ3v) is 4.02. The number of Topliss-reactive ketones (excluding diaryl/α,β-unsaturated/α-hetero) is 1. The highest BCUT2D eigenvalue weighted by Crippen LogP contribution is 2.49. The number of nitrogens with zero attached hydrogens (tertiary/aromatic N) is 1. The number of carbonyl (C=O) groups excluding carboxylic acids is 1. The van der Waals surface area contributed by atoms with Gasteiger partial charge in [-0.05, 0) is 42.2 Å². The molecule has 2 heteroatoms. The van der Waals surface area contributed by atoms with Crippen molar-refractivity contribution in [2.24, 2.45) is 5.92 Å². The molecule has 20 heavy (non-hydrogen) atoms. The first kappa shape index (κ1) is 12.9. The highest BCUT2D eigenvalue weighted by atomic mass is 16.1. The third kappa shape index (κ3) is 2.46. The molecule has 0 saturated heterocycles. The number of hydrogen-bond acceptors (Lipinski definition) is 2. The van der Waals surface area contributed by atoms with E-state index in [1.807, 2.05) is 61.5 Å². The molecule has 102 valence electrons. The maximum Gasteiger partial charge on any atom is 0.166 e. The lowest BCUT2D eigenvalue weighted by atomic mass is 10.0. The van der Waals surface area contributed by atoms with Gasteiger partial charge in [-0.2, -0.15) is 0 Å². The Bertz CT molecular complexity index is 601. The molecule has 1 saturated carbocycles. The molecule has 1 aliphatic rings. The van der Waals surface area contributed by atoms with Crippen LogP contribution in [0.3, 0.4) is 0 Å². The summed E-state index contributed by atoms with van der Waals surface area (Å²) in [6.45, 7) is 0. The van der Waals surface area contributed by atoms with Crippen LogP contribution in [0, 0.1) is 5.92 Å². The summed E-state index contributed by atoms with van der Waals surface area (Å²) in [6, 6.07) is 18.2. The van der Waals surface area contributed by atoms with Gasteiger partial charge in [0, 0.05) is 31.3 Å². The summed E-state index contributed by atoms with van der Waals surface area (Å²) in [5, 5.41) is 0. The van der Waals surface area contributed by atoms with E-state index in [4.69, 9.17) is 0 Å². The highest BCUT2D eigenvalue weighted by molar-refractivity contribution is 6.00. The van der Waals surface area contributed by atoms with Crippen molar-refractivity contribution in [3.05, 3.63) is 65.7 Å². The number of ketones is 1. The van der Waals surface area contributed by atoms with Gasteiger partial charge >= 0.3 is 0 Å². The largest absolute Gasteiger partial charge is 0.378 e. The van der Waals surface area contributed by atoms with E-state index in [-0.39, 0.29) is 11.7 Å². The summed E-state index contributed by atoms with van der Waals surface area (Å²) in [5.41, 5.74) is 3.24. The Kier molecular flexibility index (Phi) is 3.31. The van der Waals surface area contributed by atoms with Crippen molar-refractivity contribution in [2.75, 3.05) is 19.0 Å². The third-order valence-electron chi connectivity index (χ3n) is 4.02. The van der Waals surface area contributed by atoms with Crippen LogP contribution >= 0.6 is 0 Å². The van der Waals surface area contributed by atoms with Crippen molar-refractivity contribution < 1.29 is 4.79 Å². The molecule has 2 aromatic carbocycles. The monoisotopic (exact) mass is 265 g/mol. The predicted octanol–water partition coefficient (Wildman–Crippen LogP) is 3.74. The average molecular weight is 265 g/mol. The minimum atomic E-state index is 0.169. The Morgan fingerprint density at radius 2 is 1.65 bits per heavy atom. The first-order valence-electron chi connectivity index (χ1n) is 7.03. The van der Waals surface area contributed by atoms with Crippen LogP contribution in [-0.4, -0.2) is 19.9 Å². The number of hydrogen-bond donors (Lipinski definition) is 0. The Labute approximate surface area is 120 Å². The normalized spacial score (nSPS) is 20.5. The summed E-state index contributed by atoms with van der Waals surface area (Å²) in [5.74, 6) is 0.865. The van der Waals surface area contributed by atoms with E-state index < -0.39 is 0 Å². The van der Waals surface area contributed by atoms with Gasteiger partial charge in [0.25, 0.3) is 0 Å². The molecular formula is C18H19NO. The zero-order chi connectivity index (χ0) is 14.1. The maximum atomic E-state index is 12.5. The van der Waals surface area contributed by atoms with Gasteiger partial charge in [-0.3, -0.25) is 4.79 Å². The van der Waals surface area contributed by atoms with Gasteiger partial charge in [0.05, 0.1) is 0 Å². The first-order valence-corrected chi connectivity index (χ1v) is 7.03. The molecule has 0 bridgehead atoms. The van der Waals surface area contributed by atoms with Gasteiger partial charge < -0.3 is 4.90 Å². The van der Waals surface area contributed by atoms with Gasteiger partial charge in [-0.1, -0.05) is 30.3 Å². The molecule has 0 heterocycles. The van der Waals surface area contributed by atoms with Gasteiger partial charge in [0.15, 0.2) is 5.78 Å². The second-order valence-corrected chi connectivity index (χ2v) is 5.66. The van der Waals surface area contributed by atoms with Crippen molar-refractivity contribution >= 4 is 11.5 Å². The van der Waals surface area contributed by atoms with Crippen LogP contribution < -0.4 is 4.90 Å². The molecule has 0 amide bonds. The van der Waals surface area contributed by atoms with Crippen molar-refractivity contribution in [1.29, 1.82) is 0 Å². The molecule has 0 radical (unpaired) electrons. The minimum absolute atomic E-state index is 0.169. The molecule has 1 fully saturated rings. The molecule has 0 aromatic heterocycles. The zero-order valence-corrected chi connectivity index (χ0v) is 11.9. The Morgan fingerprint density at radius 3 is 2.25 bits per heavy atom. The molecular weight excluding hydrogens is 246 g/mol. The second-order valence-electron chi connectivity index (χ2n) is 5.66. The van der Waals surface area contributed by atoms with Gasteiger partial charge in [0.1, 0.15) is 0 Å². The fourth-order valence-corrected chi connectivity index (χ4v) is 2.69. The van der Waals surface area contributed by atoms with Gasteiger partial charge in [0.2, 0.25) is 0 Å². The molecule has 3 rings (SSSR count). The van der Waals surface area contributed by atoms with E-state index in [2.05, 4.69) is 12.1 Å². The van der Waals surface area contributed by atoms with E-state index in [0.717, 1.165) is 17.7 Å². The van der Waals surface area contributed by atoms with Crippen LogP contribution in [0.5, 0.6) is 0 Å². The Balaban J connectivity index is 1.72. The second kappa shape index (κ2) is 5.12. The molecule has 0 N–H and O–H groups in total. The van der Waals surface area contributed by atoms with Crippen LogP contribution in [-0.2, 0) is 0 Å².